The van der Waals surface area contributed by atoms with E-state index in [0.717, 1.165) is 5.56 Å². The first-order chi connectivity index (χ1) is 13.3. The summed E-state index contributed by atoms with van der Waals surface area (Å²) in [4.78, 5) is 11.6. The van der Waals surface area contributed by atoms with Crippen molar-refractivity contribution in [2.24, 2.45) is 0 Å². The molecule has 0 aliphatic heterocycles. The summed E-state index contributed by atoms with van der Waals surface area (Å²) in [5.41, 5.74) is 7.89. The fraction of sp³-hybridized carbons (Fsp3) is 0.250. The fourth-order valence-electron chi connectivity index (χ4n) is 4.85. The van der Waals surface area contributed by atoms with Crippen LogP contribution in [0.1, 0.15) is 66.0 Å². The van der Waals surface area contributed by atoms with Crippen molar-refractivity contribution in [1.29, 1.82) is 0 Å². The van der Waals surface area contributed by atoms with Gasteiger partial charge in [0.2, 0.25) is 0 Å². The van der Waals surface area contributed by atoms with E-state index in [1.807, 2.05) is 26.8 Å². The molecule has 4 heteroatoms. The van der Waals surface area contributed by atoms with Crippen LogP contribution in [0.3, 0.4) is 0 Å². The molecule has 3 aromatic rings. The van der Waals surface area contributed by atoms with Gasteiger partial charge in [0.15, 0.2) is 0 Å². The van der Waals surface area contributed by atoms with Gasteiger partial charge in [0.25, 0.3) is 5.69 Å². The lowest BCUT2D eigenvalue weighted by atomic mass is 9.61. The number of nitro benzene ring substituents is 1. The third kappa shape index (κ3) is 2.37. The number of benzene rings is 3. The number of nitrogens with zero attached hydrogens (tertiary/aromatic N) is 1. The lowest BCUT2D eigenvalue weighted by Crippen LogP contribution is -2.29. The molecule has 1 N–H and O–H groups in total. The largest absolute Gasteiger partial charge is 0.375 e. The molecule has 140 valence electrons. The van der Waals surface area contributed by atoms with E-state index in [9.17, 15) is 10.1 Å². The third-order valence-corrected chi connectivity index (χ3v) is 5.77. The number of rotatable bonds is 2. The van der Waals surface area contributed by atoms with Crippen molar-refractivity contribution in [1.82, 2.24) is 0 Å². The SMILES string of the molecule is CC(C)(C)Nc1cc2c(cc1[N+](=O)[O-])C1c3ccccc3C2c2ccccc21. The zero-order valence-corrected chi connectivity index (χ0v) is 16.2. The van der Waals surface area contributed by atoms with E-state index in [4.69, 9.17) is 0 Å². The van der Waals surface area contributed by atoms with Crippen molar-refractivity contribution in [2.75, 3.05) is 5.32 Å². The van der Waals surface area contributed by atoms with E-state index in [0.29, 0.717) is 5.69 Å². The van der Waals surface area contributed by atoms with Gasteiger partial charge in [-0.15, -0.1) is 0 Å². The second-order valence-electron chi connectivity index (χ2n) is 8.75. The molecule has 0 amide bonds. The Balaban J connectivity index is 1.80. The van der Waals surface area contributed by atoms with Crippen LogP contribution < -0.4 is 5.32 Å². The fourth-order valence-corrected chi connectivity index (χ4v) is 4.85. The summed E-state index contributed by atoms with van der Waals surface area (Å²) in [6, 6.07) is 20.8. The molecule has 4 nitrogen and oxygen atoms in total. The van der Waals surface area contributed by atoms with E-state index in [1.54, 1.807) is 6.07 Å². The summed E-state index contributed by atoms with van der Waals surface area (Å²) < 4.78 is 0. The van der Waals surface area contributed by atoms with Crippen LogP contribution in [0, 0.1) is 10.1 Å². The lowest BCUT2D eigenvalue weighted by Gasteiger charge is -2.42. The highest BCUT2D eigenvalue weighted by molar-refractivity contribution is 5.75. The van der Waals surface area contributed by atoms with Gasteiger partial charge in [-0.05, 0) is 60.2 Å². The second kappa shape index (κ2) is 5.68. The highest BCUT2D eigenvalue weighted by Gasteiger charge is 2.42. The van der Waals surface area contributed by atoms with Crippen LogP contribution in [0.15, 0.2) is 60.7 Å². The average Bonchev–Trinajstić information content (AvgIpc) is 2.65. The summed E-state index contributed by atoms with van der Waals surface area (Å²) >= 11 is 0. The molecule has 0 aromatic heterocycles. The standard InChI is InChI=1S/C24H22N2O2/c1-24(2,3)25-20-12-18-19(13-21(20)26(27)28)23-16-10-6-4-8-14(16)22(18)15-9-5-7-11-17(15)23/h4-13,22-23,25H,1-3H3. The van der Waals surface area contributed by atoms with E-state index in [1.165, 1.54) is 27.8 Å². The van der Waals surface area contributed by atoms with Gasteiger partial charge in [-0.3, -0.25) is 10.1 Å². The van der Waals surface area contributed by atoms with Gasteiger partial charge in [-0.1, -0.05) is 48.5 Å². The molecule has 2 bridgehead atoms. The van der Waals surface area contributed by atoms with Crippen LogP contribution in [-0.2, 0) is 0 Å². The summed E-state index contributed by atoms with van der Waals surface area (Å²) in [5, 5.41) is 15.2. The Morgan fingerprint density at radius 2 is 1.21 bits per heavy atom. The first-order valence-electron chi connectivity index (χ1n) is 9.63. The summed E-state index contributed by atoms with van der Waals surface area (Å²) in [7, 11) is 0. The minimum Gasteiger partial charge on any atom is -0.375 e. The maximum atomic E-state index is 11.9. The number of nitrogens with one attached hydrogen (secondary N) is 1. The molecular formula is C24H22N2O2. The topological polar surface area (TPSA) is 55.2 Å². The van der Waals surface area contributed by atoms with Gasteiger partial charge >= 0.3 is 0 Å². The molecule has 0 heterocycles. The van der Waals surface area contributed by atoms with E-state index in [-0.39, 0.29) is 28.0 Å². The molecule has 28 heavy (non-hydrogen) atoms. The first-order valence-corrected chi connectivity index (χ1v) is 9.63. The minimum absolute atomic E-state index is 0.0507. The number of nitro groups is 1. The van der Waals surface area contributed by atoms with Crippen molar-refractivity contribution >= 4 is 11.4 Å². The smallest absolute Gasteiger partial charge is 0.292 e. The van der Waals surface area contributed by atoms with Gasteiger partial charge in [0, 0.05) is 23.4 Å². The highest BCUT2D eigenvalue weighted by Crippen LogP contribution is 2.57. The molecule has 0 saturated carbocycles. The van der Waals surface area contributed by atoms with Gasteiger partial charge in [-0.25, -0.2) is 0 Å². The zero-order valence-electron chi connectivity index (χ0n) is 16.2. The monoisotopic (exact) mass is 370 g/mol. The van der Waals surface area contributed by atoms with E-state index >= 15 is 0 Å². The van der Waals surface area contributed by atoms with Crippen LogP contribution in [0.25, 0.3) is 0 Å². The molecule has 6 rings (SSSR count). The van der Waals surface area contributed by atoms with Crippen LogP contribution in [0.4, 0.5) is 11.4 Å². The Kier molecular flexibility index (Phi) is 3.45. The quantitative estimate of drug-likeness (QED) is 0.316. The normalized spacial score (nSPS) is 18.8. The van der Waals surface area contributed by atoms with Crippen LogP contribution >= 0.6 is 0 Å². The summed E-state index contributed by atoms with van der Waals surface area (Å²) in [6.45, 7) is 6.06. The Hall–Kier alpha value is -3.14. The molecule has 0 fully saturated rings. The molecule has 0 unspecified atom stereocenters. The van der Waals surface area contributed by atoms with Crippen molar-refractivity contribution in [3.05, 3.63) is 104 Å². The number of hydrogen-bond acceptors (Lipinski definition) is 3. The highest BCUT2D eigenvalue weighted by atomic mass is 16.6. The lowest BCUT2D eigenvalue weighted by molar-refractivity contribution is -0.384. The van der Waals surface area contributed by atoms with Crippen molar-refractivity contribution in [2.45, 2.75) is 38.1 Å². The van der Waals surface area contributed by atoms with E-state index in [2.05, 4.69) is 53.8 Å². The number of hydrogen-bond donors (Lipinski definition) is 1. The Labute approximate surface area is 164 Å². The van der Waals surface area contributed by atoms with Gasteiger partial charge in [0.1, 0.15) is 5.69 Å². The maximum absolute atomic E-state index is 11.9. The summed E-state index contributed by atoms with van der Waals surface area (Å²) in [6.07, 6.45) is 0. The number of anilines is 1. The Bertz CT molecular complexity index is 1080. The predicted molar refractivity (Wildman–Crippen MR) is 111 cm³/mol. The Morgan fingerprint density at radius 3 is 1.61 bits per heavy atom. The van der Waals surface area contributed by atoms with Gasteiger partial charge in [-0.2, -0.15) is 0 Å². The van der Waals surface area contributed by atoms with Gasteiger partial charge < -0.3 is 5.32 Å². The predicted octanol–water partition coefficient (Wildman–Crippen LogP) is 5.79. The minimum atomic E-state index is -0.269. The second-order valence-corrected chi connectivity index (χ2v) is 8.75. The molecule has 3 aliphatic carbocycles. The zero-order chi connectivity index (χ0) is 19.6. The van der Waals surface area contributed by atoms with Crippen molar-refractivity contribution in [3.8, 4) is 0 Å². The average molecular weight is 370 g/mol. The maximum Gasteiger partial charge on any atom is 0.292 e. The van der Waals surface area contributed by atoms with Crippen LogP contribution in [0.5, 0.6) is 0 Å². The first kappa shape index (κ1) is 17.0. The molecular weight excluding hydrogens is 348 g/mol. The van der Waals surface area contributed by atoms with Crippen molar-refractivity contribution in [3.63, 3.8) is 0 Å². The van der Waals surface area contributed by atoms with E-state index < -0.39 is 0 Å². The molecule has 0 atom stereocenters. The van der Waals surface area contributed by atoms with Crippen molar-refractivity contribution < 1.29 is 4.92 Å². The summed E-state index contributed by atoms with van der Waals surface area (Å²) in [5.74, 6) is 0.170. The molecule has 3 aromatic carbocycles. The van der Waals surface area contributed by atoms with Crippen LogP contribution in [0.2, 0.25) is 0 Å². The molecule has 0 saturated heterocycles. The third-order valence-electron chi connectivity index (χ3n) is 5.77. The molecule has 3 aliphatic rings. The van der Waals surface area contributed by atoms with Crippen LogP contribution in [-0.4, -0.2) is 10.5 Å². The molecule has 0 radical (unpaired) electrons. The van der Waals surface area contributed by atoms with Gasteiger partial charge in [0.05, 0.1) is 4.92 Å². The molecule has 0 spiro atoms. The Morgan fingerprint density at radius 1 is 0.786 bits per heavy atom.